The predicted octanol–water partition coefficient (Wildman–Crippen LogP) is 1.58. The van der Waals surface area contributed by atoms with Crippen molar-refractivity contribution in [3.63, 3.8) is 0 Å². The Bertz CT molecular complexity index is 475. The SMILES string of the molecule is O=C(O)N[C@@H]1CCc2ccccc2[C@@H]1NC(=O)O. The molecule has 2 rings (SSSR count). The molecule has 18 heavy (non-hydrogen) atoms. The fourth-order valence-electron chi connectivity index (χ4n) is 2.39. The molecule has 2 amide bonds. The summed E-state index contributed by atoms with van der Waals surface area (Å²) in [6.45, 7) is 0. The van der Waals surface area contributed by atoms with E-state index in [1.165, 1.54) is 0 Å². The number of carbonyl (C=O) groups is 2. The summed E-state index contributed by atoms with van der Waals surface area (Å²) in [5.41, 5.74) is 1.89. The van der Waals surface area contributed by atoms with Gasteiger partial charge in [-0.15, -0.1) is 0 Å². The molecule has 0 aliphatic heterocycles. The lowest BCUT2D eigenvalue weighted by molar-refractivity contribution is 0.172. The van der Waals surface area contributed by atoms with Crippen LogP contribution in [0.15, 0.2) is 24.3 Å². The van der Waals surface area contributed by atoms with Crippen molar-refractivity contribution in [2.45, 2.75) is 24.9 Å². The molecule has 0 unspecified atom stereocenters. The van der Waals surface area contributed by atoms with Gasteiger partial charge in [-0.3, -0.25) is 0 Å². The Balaban J connectivity index is 2.30. The Labute approximate surface area is 104 Å². The van der Waals surface area contributed by atoms with Gasteiger partial charge in [0.1, 0.15) is 0 Å². The Morgan fingerprint density at radius 3 is 2.44 bits per heavy atom. The number of nitrogens with one attached hydrogen (secondary N) is 2. The van der Waals surface area contributed by atoms with Crippen LogP contribution in [0.4, 0.5) is 9.59 Å². The van der Waals surface area contributed by atoms with E-state index in [-0.39, 0.29) is 0 Å². The number of fused-ring (bicyclic) bond motifs is 1. The summed E-state index contributed by atoms with van der Waals surface area (Å²) in [5, 5.41) is 22.4. The minimum absolute atomic E-state index is 0.437. The molecule has 0 saturated carbocycles. The molecular weight excluding hydrogens is 236 g/mol. The van der Waals surface area contributed by atoms with Crippen LogP contribution in [0.2, 0.25) is 0 Å². The van der Waals surface area contributed by atoms with Crippen molar-refractivity contribution in [3.8, 4) is 0 Å². The van der Waals surface area contributed by atoms with Crippen LogP contribution in [0.25, 0.3) is 0 Å². The monoisotopic (exact) mass is 250 g/mol. The zero-order chi connectivity index (χ0) is 13.1. The minimum Gasteiger partial charge on any atom is -0.465 e. The van der Waals surface area contributed by atoms with Gasteiger partial charge in [0.2, 0.25) is 0 Å². The summed E-state index contributed by atoms with van der Waals surface area (Å²) in [6.07, 6.45) is -0.988. The number of aryl methyl sites for hydroxylation is 1. The fraction of sp³-hybridized carbons (Fsp3) is 0.333. The smallest absolute Gasteiger partial charge is 0.405 e. The fourth-order valence-corrected chi connectivity index (χ4v) is 2.39. The maximum Gasteiger partial charge on any atom is 0.405 e. The van der Waals surface area contributed by atoms with E-state index in [9.17, 15) is 9.59 Å². The lowest BCUT2D eigenvalue weighted by Gasteiger charge is -2.33. The van der Waals surface area contributed by atoms with Gasteiger partial charge in [-0.1, -0.05) is 24.3 Å². The van der Waals surface area contributed by atoms with Gasteiger partial charge in [0.05, 0.1) is 12.1 Å². The number of hydrogen-bond acceptors (Lipinski definition) is 2. The Morgan fingerprint density at radius 2 is 1.78 bits per heavy atom. The van der Waals surface area contributed by atoms with E-state index in [1.807, 2.05) is 24.3 Å². The Kier molecular flexibility index (Phi) is 3.36. The Hall–Kier alpha value is -2.24. The predicted molar refractivity (Wildman–Crippen MR) is 63.6 cm³/mol. The van der Waals surface area contributed by atoms with Gasteiger partial charge in [-0.2, -0.15) is 0 Å². The first-order valence-electron chi connectivity index (χ1n) is 5.64. The molecule has 1 aliphatic carbocycles. The molecule has 4 N–H and O–H groups in total. The standard InChI is InChI=1S/C12H14N2O4/c15-11(16)13-9-6-5-7-3-1-2-4-8(7)10(9)14-12(17)18/h1-4,9-10,13-14H,5-6H2,(H,15,16)(H,17,18)/t9-,10+/m1/s1. The zero-order valence-electron chi connectivity index (χ0n) is 9.59. The summed E-state index contributed by atoms with van der Waals surface area (Å²) < 4.78 is 0. The van der Waals surface area contributed by atoms with Gasteiger partial charge in [-0.25, -0.2) is 9.59 Å². The first-order chi connectivity index (χ1) is 8.58. The molecule has 6 heteroatoms. The lowest BCUT2D eigenvalue weighted by atomic mass is 9.84. The van der Waals surface area contributed by atoms with Crippen molar-refractivity contribution in [3.05, 3.63) is 35.4 Å². The maximum absolute atomic E-state index is 10.8. The molecule has 2 atom stereocenters. The van der Waals surface area contributed by atoms with E-state index in [2.05, 4.69) is 10.6 Å². The van der Waals surface area contributed by atoms with Crippen LogP contribution < -0.4 is 10.6 Å². The molecular formula is C12H14N2O4. The molecule has 0 radical (unpaired) electrons. The van der Waals surface area contributed by atoms with E-state index in [1.54, 1.807) is 0 Å². The lowest BCUT2D eigenvalue weighted by Crippen LogP contribution is -2.47. The highest BCUT2D eigenvalue weighted by Gasteiger charge is 2.31. The number of rotatable bonds is 2. The van der Waals surface area contributed by atoms with Crippen molar-refractivity contribution in [1.82, 2.24) is 10.6 Å². The Morgan fingerprint density at radius 1 is 1.11 bits per heavy atom. The van der Waals surface area contributed by atoms with E-state index < -0.39 is 24.3 Å². The molecule has 1 aromatic carbocycles. The third kappa shape index (κ3) is 2.53. The number of carboxylic acid groups (broad SMARTS) is 2. The van der Waals surface area contributed by atoms with Crippen LogP contribution in [0, 0.1) is 0 Å². The van der Waals surface area contributed by atoms with Crippen molar-refractivity contribution < 1.29 is 19.8 Å². The second kappa shape index (κ2) is 4.95. The summed E-state index contributed by atoms with van der Waals surface area (Å²) >= 11 is 0. The van der Waals surface area contributed by atoms with Gasteiger partial charge >= 0.3 is 12.2 Å². The summed E-state index contributed by atoms with van der Waals surface area (Å²) in [6, 6.07) is 6.49. The molecule has 0 bridgehead atoms. The van der Waals surface area contributed by atoms with Crippen LogP contribution in [0.1, 0.15) is 23.6 Å². The number of benzene rings is 1. The van der Waals surface area contributed by atoms with Gasteiger partial charge in [0.15, 0.2) is 0 Å². The van der Waals surface area contributed by atoms with Gasteiger partial charge in [0.25, 0.3) is 0 Å². The van der Waals surface area contributed by atoms with Gasteiger partial charge in [0, 0.05) is 0 Å². The van der Waals surface area contributed by atoms with E-state index in [4.69, 9.17) is 10.2 Å². The molecule has 0 fully saturated rings. The molecule has 0 spiro atoms. The third-order valence-corrected chi connectivity index (χ3v) is 3.11. The van der Waals surface area contributed by atoms with Crippen LogP contribution in [-0.2, 0) is 6.42 Å². The first-order valence-corrected chi connectivity index (χ1v) is 5.64. The van der Waals surface area contributed by atoms with Crippen molar-refractivity contribution >= 4 is 12.2 Å². The quantitative estimate of drug-likeness (QED) is 0.640. The molecule has 0 heterocycles. The summed E-state index contributed by atoms with van der Waals surface area (Å²) in [4.78, 5) is 21.5. The first kappa shape index (κ1) is 12.2. The van der Waals surface area contributed by atoms with Crippen molar-refractivity contribution in [2.24, 2.45) is 0 Å². The summed E-state index contributed by atoms with van der Waals surface area (Å²) in [5.74, 6) is 0. The van der Waals surface area contributed by atoms with Crippen LogP contribution in [0.5, 0.6) is 0 Å². The van der Waals surface area contributed by atoms with Gasteiger partial charge < -0.3 is 20.8 Å². The van der Waals surface area contributed by atoms with Crippen molar-refractivity contribution in [2.75, 3.05) is 0 Å². The number of amides is 2. The highest BCUT2D eigenvalue weighted by atomic mass is 16.4. The molecule has 6 nitrogen and oxygen atoms in total. The van der Waals surface area contributed by atoms with Gasteiger partial charge in [-0.05, 0) is 24.0 Å². The average molecular weight is 250 g/mol. The second-order valence-corrected chi connectivity index (χ2v) is 4.22. The number of hydrogen-bond donors (Lipinski definition) is 4. The molecule has 1 aromatic rings. The molecule has 96 valence electrons. The van der Waals surface area contributed by atoms with E-state index >= 15 is 0 Å². The third-order valence-electron chi connectivity index (χ3n) is 3.11. The van der Waals surface area contributed by atoms with E-state index in [0.717, 1.165) is 17.5 Å². The molecule has 0 saturated heterocycles. The normalized spacial score (nSPS) is 21.8. The minimum atomic E-state index is -1.16. The van der Waals surface area contributed by atoms with Crippen LogP contribution in [-0.4, -0.2) is 28.4 Å². The van der Waals surface area contributed by atoms with Crippen LogP contribution in [0.3, 0.4) is 0 Å². The largest absolute Gasteiger partial charge is 0.465 e. The maximum atomic E-state index is 10.8. The zero-order valence-corrected chi connectivity index (χ0v) is 9.59. The van der Waals surface area contributed by atoms with Crippen LogP contribution >= 0.6 is 0 Å². The highest BCUT2D eigenvalue weighted by Crippen LogP contribution is 2.29. The second-order valence-electron chi connectivity index (χ2n) is 4.22. The molecule has 1 aliphatic rings. The summed E-state index contributed by atoms with van der Waals surface area (Å²) in [7, 11) is 0. The molecule has 0 aromatic heterocycles. The highest BCUT2D eigenvalue weighted by molar-refractivity contribution is 5.67. The van der Waals surface area contributed by atoms with E-state index in [0.29, 0.717) is 6.42 Å². The topological polar surface area (TPSA) is 98.7 Å². The average Bonchev–Trinajstić information content (AvgIpc) is 2.31. The van der Waals surface area contributed by atoms with Crippen molar-refractivity contribution in [1.29, 1.82) is 0 Å².